The Labute approximate surface area is 267 Å². The molecule has 8 aromatic rings. The van der Waals surface area contributed by atoms with E-state index in [-0.39, 0.29) is 5.41 Å². The van der Waals surface area contributed by atoms with Crippen molar-refractivity contribution >= 4 is 32.7 Å². The molecular formula is C43H31N3. The van der Waals surface area contributed by atoms with Crippen LogP contribution in [0.3, 0.4) is 0 Å². The zero-order valence-electron chi connectivity index (χ0n) is 25.4. The van der Waals surface area contributed by atoms with Gasteiger partial charge in [0.25, 0.3) is 0 Å². The topological polar surface area (TPSA) is 30.7 Å². The van der Waals surface area contributed by atoms with Crippen molar-refractivity contribution in [1.29, 1.82) is 0 Å². The van der Waals surface area contributed by atoms with Gasteiger partial charge in [-0.3, -0.25) is 0 Å². The molecule has 3 heteroatoms. The summed E-state index contributed by atoms with van der Waals surface area (Å²) < 4.78 is 2.44. The standard InChI is InChI=1S/C43H31N3/c1-2-12-28(13-3-1)41-33-16-5-8-18-38(33)44-42(45-41)29-20-22-30(23-21-29)46-39-19-9-6-15-32(39)35-26-37-34(27-40(35)46)31-14-4-7-17-36(31)43(37)24-10-11-25-43/h1-9,12-23,26-27H,10-11,24-25H2. The number of aromatic nitrogens is 3. The summed E-state index contributed by atoms with van der Waals surface area (Å²) in [5.41, 5.74) is 13.7. The lowest BCUT2D eigenvalue weighted by atomic mass is 9.76. The molecule has 0 aliphatic heterocycles. The third-order valence-corrected chi connectivity index (χ3v) is 10.6. The van der Waals surface area contributed by atoms with Gasteiger partial charge in [-0.05, 0) is 83.6 Å². The smallest absolute Gasteiger partial charge is 0.160 e. The third kappa shape index (κ3) is 3.60. The molecule has 218 valence electrons. The van der Waals surface area contributed by atoms with Crippen molar-refractivity contribution in [3.8, 4) is 39.5 Å². The maximum Gasteiger partial charge on any atom is 0.160 e. The van der Waals surface area contributed by atoms with Crippen LogP contribution in [0.15, 0.2) is 140 Å². The van der Waals surface area contributed by atoms with E-state index in [9.17, 15) is 0 Å². The molecule has 2 aliphatic rings. The van der Waals surface area contributed by atoms with Gasteiger partial charge < -0.3 is 4.57 Å². The van der Waals surface area contributed by atoms with Gasteiger partial charge in [0.05, 0.1) is 22.2 Å². The Kier molecular flexibility index (Phi) is 5.45. The SMILES string of the molecule is c1ccc(-c2nc(-c3ccc(-n4c5ccccc5c5cc6c(cc54)-c4ccccc4C64CCCC4)cc3)nc3ccccc23)cc1. The molecule has 0 radical (unpaired) electrons. The summed E-state index contributed by atoms with van der Waals surface area (Å²) in [5, 5.41) is 3.70. The van der Waals surface area contributed by atoms with E-state index in [2.05, 4.69) is 132 Å². The van der Waals surface area contributed by atoms with E-state index in [1.807, 2.05) is 12.1 Å². The number of hydrogen-bond donors (Lipinski definition) is 0. The number of para-hydroxylation sites is 2. The summed E-state index contributed by atoms with van der Waals surface area (Å²) in [7, 11) is 0. The highest BCUT2D eigenvalue weighted by Crippen LogP contribution is 2.58. The van der Waals surface area contributed by atoms with Gasteiger partial charge in [-0.1, -0.05) is 104 Å². The minimum Gasteiger partial charge on any atom is -0.309 e. The van der Waals surface area contributed by atoms with Crippen LogP contribution in [0.25, 0.3) is 72.2 Å². The Morgan fingerprint density at radius 3 is 2.07 bits per heavy atom. The van der Waals surface area contributed by atoms with E-state index in [1.54, 1.807) is 0 Å². The fourth-order valence-corrected chi connectivity index (χ4v) is 8.49. The van der Waals surface area contributed by atoms with Gasteiger partial charge in [-0.2, -0.15) is 0 Å². The lowest BCUT2D eigenvalue weighted by Gasteiger charge is -2.26. The fourth-order valence-electron chi connectivity index (χ4n) is 8.49. The van der Waals surface area contributed by atoms with Gasteiger partial charge in [0.1, 0.15) is 0 Å². The van der Waals surface area contributed by atoms with Gasteiger partial charge in [0.15, 0.2) is 5.82 Å². The molecule has 2 aliphatic carbocycles. The number of nitrogens with zero attached hydrogens (tertiary/aromatic N) is 3. The third-order valence-electron chi connectivity index (χ3n) is 10.6. The van der Waals surface area contributed by atoms with Crippen LogP contribution in [0.1, 0.15) is 36.8 Å². The molecule has 10 rings (SSSR count). The first kappa shape index (κ1) is 25.8. The van der Waals surface area contributed by atoms with Gasteiger partial charge in [-0.15, -0.1) is 0 Å². The van der Waals surface area contributed by atoms with Crippen molar-refractivity contribution < 1.29 is 0 Å². The largest absolute Gasteiger partial charge is 0.309 e. The van der Waals surface area contributed by atoms with Crippen LogP contribution in [-0.2, 0) is 5.41 Å². The summed E-state index contributed by atoms with van der Waals surface area (Å²) in [4.78, 5) is 10.1. The Balaban J connectivity index is 1.15. The highest BCUT2D eigenvalue weighted by molar-refractivity contribution is 6.11. The zero-order valence-corrected chi connectivity index (χ0v) is 25.4. The Bertz CT molecular complexity index is 2460. The van der Waals surface area contributed by atoms with Crippen molar-refractivity contribution in [1.82, 2.24) is 14.5 Å². The van der Waals surface area contributed by atoms with Crippen molar-refractivity contribution in [2.45, 2.75) is 31.1 Å². The second kappa shape index (κ2) is 9.73. The maximum atomic E-state index is 5.11. The maximum absolute atomic E-state index is 5.11. The minimum absolute atomic E-state index is 0.156. The Morgan fingerprint density at radius 1 is 0.500 bits per heavy atom. The normalized spacial score (nSPS) is 14.8. The van der Waals surface area contributed by atoms with Crippen LogP contribution in [0.4, 0.5) is 0 Å². The van der Waals surface area contributed by atoms with E-state index in [4.69, 9.17) is 9.97 Å². The van der Waals surface area contributed by atoms with E-state index < -0.39 is 0 Å². The van der Waals surface area contributed by atoms with Gasteiger partial charge in [0, 0.05) is 38.4 Å². The molecule has 3 nitrogen and oxygen atoms in total. The number of rotatable bonds is 3. The van der Waals surface area contributed by atoms with Gasteiger partial charge in [0.2, 0.25) is 0 Å². The van der Waals surface area contributed by atoms with E-state index in [1.165, 1.54) is 69.7 Å². The predicted octanol–water partition coefficient (Wildman–Crippen LogP) is 10.9. The predicted molar refractivity (Wildman–Crippen MR) is 189 cm³/mol. The van der Waals surface area contributed by atoms with E-state index in [0.717, 1.165) is 39.2 Å². The van der Waals surface area contributed by atoms with Crippen molar-refractivity contribution in [3.05, 3.63) is 151 Å². The summed E-state index contributed by atoms with van der Waals surface area (Å²) >= 11 is 0. The average Bonchev–Trinajstić information content (AvgIpc) is 3.82. The first-order valence-electron chi connectivity index (χ1n) is 16.4. The molecule has 2 heterocycles. The van der Waals surface area contributed by atoms with Crippen molar-refractivity contribution in [2.75, 3.05) is 0 Å². The quantitative estimate of drug-likeness (QED) is 0.205. The van der Waals surface area contributed by atoms with Gasteiger partial charge in [-0.25, -0.2) is 9.97 Å². The Hall–Kier alpha value is -5.54. The summed E-state index contributed by atoms with van der Waals surface area (Å²) in [6.07, 6.45) is 5.08. The van der Waals surface area contributed by atoms with Crippen LogP contribution in [-0.4, -0.2) is 14.5 Å². The number of benzene rings is 6. The summed E-state index contributed by atoms with van der Waals surface area (Å²) in [6, 6.07) is 50.5. The number of hydrogen-bond acceptors (Lipinski definition) is 2. The fraction of sp³-hybridized carbons (Fsp3) is 0.116. The molecule has 0 unspecified atom stereocenters. The molecule has 2 aromatic heterocycles. The second-order valence-electron chi connectivity index (χ2n) is 12.9. The second-order valence-corrected chi connectivity index (χ2v) is 12.9. The number of fused-ring (bicyclic) bond motifs is 9. The zero-order chi connectivity index (χ0) is 30.2. The highest BCUT2D eigenvalue weighted by atomic mass is 15.0. The van der Waals surface area contributed by atoms with E-state index in [0.29, 0.717) is 0 Å². The van der Waals surface area contributed by atoms with Crippen molar-refractivity contribution in [2.24, 2.45) is 0 Å². The molecule has 1 spiro atoms. The molecule has 0 saturated heterocycles. The minimum atomic E-state index is 0.156. The molecule has 1 fully saturated rings. The monoisotopic (exact) mass is 589 g/mol. The average molecular weight is 590 g/mol. The van der Waals surface area contributed by atoms with Crippen LogP contribution in [0.5, 0.6) is 0 Å². The molecule has 6 aromatic carbocycles. The summed E-state index contributed by atoms with van der Waals surface area (Å²) in [5.74, 6) is 0.739. The molecular weight excluding hydrogens is 558 g/mol. The highest BCUT2D eigenvalue weighted by Gasteiger charge is 2.45. The van der Waals surface area contributed by atoms with Crippen LogP contribution in [0.2, 0.25) is 0 Å². The van der Waals surface area contributed by atoms with Crippen LogP contribution < -0.4 is 0 Å². The molecule has 0 amide bonds. The first-order chi connectivity index (χ1) is 22.8. The summed E-state index contributed by atoms with van der Waals surface area (Å²) in [6.45, 7) is 0. The van der Waals surface area contributed by atoms with Crippen LogP contribution >= 0.6 is 0 Å². The van der Waals surface area contributed by atoms with Crippen LogP contribution in [0, 0.1) is 0 Å². The van der Waals surface area contributed by atoms with E-state index >= 15 is 0 Å². The Morgan fingerprint density at radius 2 is 1.22 bits per heavy atom. The molecule has 0 N–H and O–H groups in total. The lowest BCUT2D eigenvalue weighted by molar-refractivity contribution is 0.550. The first-order valence-corrected chi connectivity index (χ1v) is 16.4. The molecule has 0 bridgehead atoms. The molecule has 0 atom stereocenters. The van der Waals surface area contributed by atoms with Gasteiger partial charge >= 0.3 is 0 Å². The molecule has 46 heavy (non-hydrogen) atoms. The molecule has 1 saturated carbocycles. The lowest BCUT2D eigenvalue weighted by Crippen LogP contribution is -2.20. The van der Waals surface area contributed by atoms with Crippen molar-refractivity contribution in [3.63, 3.8) is 0 Å².